The van der Waals surface area contributed by atoms with Crippen molar-refractivity contribution in [3.05, 3.63) is 28.8 Å². The normalized spacial score (nSPS) is 16.9. The molecule has 1 aromatic rings. The van der Waals surface area contributed by atoms with Crippen LogP contribution in [0.3, 0.4) is 0 Å². The van der Waals surface area contributed by atoms with Crippen LogP contribution in [0.25, 0.3) is 0 Å². The summed E-state index contributed by atoms with van der Waals surface area (Å²) in [6, 6.07) is 5.25. The number of carboxylic acids is 1. The third-order valence-electron chi connectivity index (χ3n) is 4.08. The molecule has 0 spiro atoms. The molecule has 2 rings (SSSR count). The highest BCUT2D eigenvalue weighted by molar-refractivity contribution is 7.87. The zero-order chi connectivity index (χ0) is 17.7. The van der Waals surface area contributed by atoms with Crippen molar-refractivity contribution in [2.75, 3.05) is 26.7 Å². The first kappa shape index (κ1) is 19.0. The van der Waals surface area contributed by atoms with E-state index in [2.05, 4.69) is 4.72 Å². The van der Waals surface area contributed by atoms with E-state index in [9.17, 15) is 13.2 Å². The van der Waals surface area contributed by atoms with Gasteiger partial charge in [0.05, 0.1) is 13.0 Å². The highest BCUT2D eigenvalue weighted by Gasteiger charge is 2.30. The first-order chi connectivity index (χ1) is 11.3. The second-order valence-corrected chi connectivity index (χ2v) is 7.78. The van der Waals surface area contributed by atoms with E-state index >= 15 is 0 Å². The minimum atomic E-state index is -3.61. The number of halogens is 1. The standard InChI is InChI=1S/C15H21ClN2O5S/c1-23-13-3-2-11(14(16)10-13)4-7-17-24(21,22)18-8-5-12(6-9-18)15(19)20/h2-3,10,12,17H,4-9H2,1H3,(H,19,20). The Morgan fingerprint density at radius 1 is 1.42 bits per heavy atom. The quantitative estimate of drug-likeness (QED) is 0.752. The summed E-state index contributed by atoms with van der Waals surface area (Å²) in [4.78, 5) is 10.9. The van der Waals surface area contributed by atoms with Crippen LogP contribution in [0.4, 0.5) is 0 Å². The van der Waals surface area contributed by atoms with Gasteiger partial charge in [0.15, 0.2) is 0 Å². The Bertz CT molecular complexity index is 687. The Labute approximate surface area is 146 Å². The number of rotatable bonds is 7. The number of nitrogens with one attached hydrogen (secondary N) is 1. The summed E-state index contributed by atoms with van der Waals surface area (Å²) in [5, 5.41) is 9.48. The molecule has 1 heterocycles. The largest absolute Gasteiger partial charge is 0.497 e. The van der Waals surface area contributed by atoms with Gasteiger partial charge in [0, 0.05) is 24.7 Å². The number of carboxylic acid groups (broad SMARTS) is 1. The molecule has 24 heavy (non-hydrogen) atoms. The molecule has 0 saturated carbocycles. The van der Waals surface area contributed by atoms with Crippen molar-refractivity contribution in [1.82, 2.24) is 9.03 Å². The lowest BCUT2D eigenvalue weighted by Crippen LogP contribution is -2.46. The van der Waals surface area contributed by atoms with E-state index in [0.29, 0.717) is 30.0 Å². The van der Waals surface area contributed by atoms with Crippen molar-refractivity contribution >= 4 is 27.8 Å². The van der Waals surface area contributed by atoms with Crippen molar-refractivity contribution in [1.29, 1.82) is 0 Å². The van der Waals surface area contributed by atoms with Crippen LogP contribution in [-0.4, -0.2) is 50.5 Å². The molecule has 0 radical (unpaired) electrons. The molecule has 0 atom stereocenters. The first-order valence-corrected chi connectivity index (χ1v) is 9.45. The lowest BCUT2D eigenvalue weighted by atomic mass is 9.99. The van der Waals surface area contributed by atoms with E-state index in [1.165, 1.54) is 4.31 Å². The zero-order valence-electron chi connectivity index (χ0n) is 13.4. The maximum atomic E-state index is 12.3. The molecule has 0 amide bonds. The molecule has 1 aromatic carbocycles. The summed E-state index contributed by atoms with van der Waals surface area (Å²) in [6.45, 7) is 0.651. The predicted octanol–water partition coefficient (Wildman–Crippen LogP) is 1.52. The maximum absolute atomic E-state index is 12.3. The Kier molecular flexibility index (Phi) is 6.45. The van der Waals surface area contributed by atoms with E-state index in [4.69, 9.17) is 21.4 Å². The smallest absolute Gasteiger partial charge is 0.306 e. The fourth-order valence-corrected chi connectivity index (χ4v) is 4.11. The van der Waals surface area contributed by atoms with Crippen LogP contribution in [0.1, 0.15) is 18.4 Å². The van der Waals surface area contributed by atoms with Crippen molar-refractivity contribution in [3.8, 4) is 5.75 Å². The lowest BCUT2D eigenvalue weighted by molar-refractivity contribution is -0.142. The Hall–Kier alpha value is -1.35. The molecule has 1 saturated heterocycles. The number of ether oxygens (including phenoxy) is 1. The predicted molar refractivity (Wildman–Crippen MR) is 90.6 cm³/mol. The number of carbonyl (C=O) groups is 1. The molecule has 1 aliphatic heterocycles. The highest BCUT2D eigenvalue weighted by Crippen LogP contribution is 2.23. The fourth-order valence-electron chi connectivity index (χ4n) is 2.61. The number of aliphatic carboxylic acids is 1. The molecule has 2 N–H and O–H groups in total. The molecule has 0 aliphatic carbocycles. The average molecular weight is 377 g/mol. The van der Waals surface area contributed by atoms with Gasteiger partial charge in [-0.2, -0.15) is 12.7 Å². The van der Waals surface area contributed by atoms with Gasteiger partial charge in [-0.3, -0.25) is 4.79 Å². The van der Waals surface area contributed by atoms with Gasteiger partial charge >= 0.3 is 5.97 Å². The Balaban J connectivity index is 1.86. The third kappa shape index (κ3) is 4.83. The molecule has 0 aromatic heterocycles. The van der Waals surface area contributed by atoms with Crippen LogP contribution in [0.15, 0.2) is 18.2 Å². The Morgan fingerprint density at radius 2 is 2.08 bits per heavy atom. The van der Waals surface area contributed by atoms with Gasteiger partial charge in [-0.25, -0.2) is 4.72 Å². The van der Waals surface area contributed by atoms with Gasteiger partial charge in [0.2, 0.25) is 0 Å². The number of benzene rings is 1. The van der Waals surface area contributed by atoms with Crippen molar-refractivity contribution in [2.45, 2.75) is 19.3 Å². The average Bonchev–Trinajstić information content (AvgIpc) is 2.56. The molecule has 0 unspecified atom stereocenters. The summed E-state index contributed by atoms with van der Waals surface area (Å²) in [6.07, 6.45) is 1.12. The summed E-state index contributed by atoms with van der Waals surface area (Å²) < 4.78 is 33.4. The highest BCUT2D eigenvalue weighted by atomic mass is 35.5. The summed E-state index contributed by atoms with van der Waals surface area (Å²) >= 11 is 6.13. The van der Waals surface area contributed by atoms with Crippen LogP contribution >= 0.6 is 11.6 Å². The van der Waals surface area contributed by atoms with Crippen molar-refractivity contribution in [3.63, 3.8) is 0 Å². The second-order valence-electron chi connectivity index (χ2n) is 5.62. The number of hydrogen-bond donors (Lipinski definition) is 2. The number of methoxy groups -OCH3 is 1. The SMILES string of the molecule is COc1ccc(CCNS(=O)(=O)N2CCC(C(=O)O)CC2)c(Cl)c1. The number of piperidine rings is 1. The van der Waals surface area contributed by atoms with Gasteiger partial charge in [0.1, 0.15) is 5.75 Å². The van der Waals surface area contributed by atoms with E-state index < -0.39 is 22.1 Å². The van der Waals surface area contributed by atoms with E-state index in [1.54, 1.807) is 25.3 Å². The minimum absolute atomic E-state index is 0.216. The van der Waals surface area contributed by atoms with E-state index in [0.717, 1.165) is 5.56 Å². The fraction of sp³-hybridized carbons (Fsp3) is 0.533. The van der Waals surface area contributed by atoms with Crippen LogP contribution in [0, 0.1) is 5.92 Å². The molecule has 7 nitrogen and oxygen atoms in total. The molecule has 9 heteroatoms. The van der Waals surface area contributed by atoms with Crippen LogP contribution in [0.5, 0.6) is 5.75 Å². The van der Waals surface area contributed by atoms with Crippen molar-refractivity contribution < 1.29 is 23.1 Å². The molecule has 1 aliphatic rings. The number of nitrogens with zero attached hydrogens (tertiary/aromatic N) is 1. The molecule has 134 valence electrons. The molecular formula is C15H21ClN2O5S. The van der Waals surface area contributed by atoms with Gasteiger partial charge in [-0.1, -0.05) is 17.7 Å². The molecular weight excluding hydrogens is 356 g/mol. The molecule has 0 bridgehead atoms. The topological polar surface area (TPSA) is 95.9 Å². The lowest BCUT2D eigenvalue weighted by Gasteiger charge is -2.29. The van der Waals surface area contributed by atoms with E-state index in [-0.39, 0.29) is 19.6 Å². The maximum Gasteiger partial charge on any atom is 0.306 e. The number of hydrogen-bond acceptors (Lipinski definition) is 4. The first-order valence-electron chi connectivity index (χ1n) is 7.63. The van der Waals surface area contributed by atoms with Crippen molar-refractivity contribution in [2.24, 2.45) is 5.92 Å². The van der Waals surface area contributed by atoms with Gasteiger partial charge < -0.3 is 9.84 Å². The minimum Gasteiger partial charge on any atom is -0.497 e. The van der Waals surface area contributed by atoms with Crippen LogP contribution in [0.2, 0.25) is 5.02 Å². The van der Waals surface area contributed by atoms with Gasteiger partial charge in [0.25, 0.3) is 10.2 Å². The summed E-state index contributed by atoms with van der Waals surface area (Å²) in [7, 11) is -2.06. The van der Waals surface area contributed by atoms with Crippen LogP contribution < -0.4 is 9.46 Å². The van der Waals surface area contributed by atoms with Gasteiger partial charge in [-0.05, 0) is 37.0 Å². The Morgan fingerprint density at radius 3 is 2.62 bits per heavy atom. The van der Waals surface area contributed by atoms with E-state index in [1.807, 2.05) is 0 Å². The summed E-state index contributed by atoms with van der Waals surface area (Å²) in [5.41, 5.74) is 0.824. The monoisotopic (exact) mass is 376 g/mol. The summed E-state index contributed by atoms with van der Waals surface area (Å²) in [5.74, 6) is -0.686. The van der Waals surface area contributed by atoms with Gasteiger partial charge in [-0.15, -0.1) is 0 Å². The zero-order valence-corrected chi connectivity index (χ0v) is 14.9. The molecule has 1 fully saturated rings. The third-order valence-corrected chi connectivity index (χ3v) is 6.05. The van der Waals surface area contributed by atoms with Crippen LogP contribution in [-0.2, 0) is 21.4 Å². The second kappa shape index (κ2) is 8.15.